The van der Waals surface area contributed by atoms with Gasteiger partial charge in [-0.2, -0.15) is 0 Å². The molecule has 0 unspecified atom stereocenters. The van der Waals surface area contributed by atoms with Gasteiger partial charge in [0.05, 0.1) is 46.2 Å². The molecule has 0 aliphatic carbocycles. The minimum Gasteiger partial charge on any atom is -0.480 e. The van der Waals surface area contributed by atoms with Gasteiger partial charge in [0.15, 0.2) is 0 Å². The third-order valence-electron chi connectivity index (χ3n) is 2.11. The number of ether oxygens (including phenoxy) is 6. The third-order valence-corrected chi connectivity index (χ3v) is 2.11. The van der Waals surface area contributed by atoms with Gasteiger partial charge in [-0.15, -0.1) is 0 Å². The summed E-state index contributed by atoms with van der Waals surface area (Å²) >= 11 is 0. The van der Waals surface area contributed by atoms with E-state index in [1.165, 1.54) is 0 Å². The van der Waals surface area contributed by atoms with Crippen molar-refractivity contribution in [1.82, 2.24) is 0 Å². The highest BCUT2D eigenvalue weighted by atomic mass is 16.6. The monoisotopic (exact) mass is 324 g/mol. The molecule has 0 saturated carbocycles. The number of carbonyl (C=O) groups is 2. The van der Waals surface area contributed by atoms with Crippen molar-refractivity contribution < 1.29 is 43.1 Å². The fourth-order valence-electron chi connectivity index (χ4n) is 1.16. The summed E-state index contributed by atoms with van der Waals surface area (Å²) < 4.78 is 29.7. The molecular formula is C13H24O9. The first-order chi connectivity index (χ1) is 10.7. The molecule has 0 radical (unpaired) electrons. The maximum Gasteiger partial charge on any atom is 0.332 e. The van der Waals surface area contributed by atoms with E-state index in [0.717, 1.165) is 0 Å². The highest BCUT2D eigenvalue weighted by Crippen LogP contribution is 1.85. The van der Waals surface area contributed by atoms with E-state index in [1.807, 2.05) is 0 Å². The van der Waals surface area contributed by atoms with Crippen molar-refractivity contribution in [3.05, 3.63) is 0 Å². The molecular weight excluding hydrogens is 300 g/mol. The van der Waals surface area contributed by atoms with Crippen LogP contribution in [0.5, 0.6) is 0 Å². The lowest BCUT2D eigenvalue weighted by Crippen LogP contribution is -2.19. The second-order valence-corrected chi connectivity index (χ2v) is 3.94. The van der Waals surface area contributed by atoms with E-state index in [-0.39, 0.29) is 13.2 Å². The summed E-state index contributed by atoms with van der Waals surface area (Å²) in [6, 6.07) is 0. The van der Waals surface area contributed by atoms with Gasteiger partial charge in [0.25, 0.3) is 0 Å². The zero-order valence-corrected chi connectivity index (χ0v) is 12.8. The van der Waals surface area contributed by atoms with Gasteiger partial charge < -0.3 is 33.5 Å². The summed E-state index contributed by atoms with van der Waals surface area (Å²) in [7, 11) is 1.61. The topological polar surface area (TPSA) is 110 Å². The summed E-state index contributed by atoms with van der Waals surface area (Å²) in [5.74, 6) is -1.77. The number of carboxylic acid groups (broad SMARTS) is 1. The van der Waals surface area contributed by atoms with Crippen molar-refractivity contribution in [1.29, 1.82) is 0 Å². The fraction of sp³-hybridized carbons (Fsp3) is 0.846. The molecule has 0 aliphatic rings. The third kappa shape index (κ3) is 16.8. The largest absolute Gasteiger partial charge is 0.480 e. The predicted molar refractivity (Wildman–Crippen MR) is 73.7 cm³/mol. The van der Waals surface area contributed by atoms with E-state index in [2.05, 4.69) is 4.74 Å². The average Bonchev–Trinajstić information content (AvgIpc) is 2.48. The van der Waals surface area contributed by atoms with Crippen molar-refractivity contribution >= 4 is 11.9 Å². The molecule has 0 bridgehead atoms. The van der Waals surface area contributed by atoms with Crippen LogP contribution in [0.3, 0.4) is 0 Å². The van der Waals surface area contributed by atoms with Gasteiger partial charge in [0.1, 0.15) is 19.8 Å². The van der Waals surface area contributed by atoms with Crippen LogP contribution in [0.4, 0.5) is 0 Å². The molecule has 130 valence electrons. The summed E-state index contributed by atoms with van der Waals surface area (Å²) in [4.78, 5) is 21.2. The van der Waals surface area contributed by atoms with E-state index in [0.29, 0.717) is 39.6 Å². The number of carboxylic acids is 1. The van der Waals surface area contributed by atoms with Gasteiger partial charge in [-0.3, -0.25) is 0 Å². The molecule has 22 heavy (non-hydrogen) atoms. The first-order valence-electron chi connectivity index (χ1n) is 6.84. The molecule has 0 aromatic rings. The van der Waals surface area contributed by atoms with Crippen LogP contribution < -0.4 is 0 Å². The molecule has 0 amide bonds. The zero-order chi connectivity index (χ0) is 16.5. The van der Waals surface area contributed by atoms with Crippen molar-refractivity contribution in [3.8, 4) is 0 Å². The van der Waals surface area contributed by atoms with E-state index in [1.54, 1.807) is 7.11 Å². The number of aliphatic carboxylic acids is 1. The van der Waals surface area contributed by atoms with Crippen LogP contribution in [-0.4, -0.2) is 90.2 Å². The number of esters is 1. The lowest BCUT2D eigenvalue weighted by atomic mass is 10.6. The summed E-state index contributed by atoms with van der Waals surface area (Å²) in [6.07, 6.45) is 0. The van der Waals surface area contributed by atoms with E-state index in [9.17, 15) is 9.59 Å². The van der Waals surface area contributed by atoms with E-state index < -0.39 is 25.2 Å². The first-order valence-corrected chi connectivity index (χ1v) is 6.84. The molecule has 0 aromatic carbocycles. The van der Waals surface area contributed by atoms with Crippen LogP contribution in [0.25, 0.3) is 0 Å². The Bertz CT molecular complexity index is 283. The van der Waals surface area contributed by atoms with E-state index in [4.69, 9.17) is 28.8 Å². The number of methoxy groups -OCH3 is 1. The van der Waals surface area contributed by atoms with Gasteiger partial charge in [-0.05, 0) is 0 Å². The number of carbonyl (C=O) groups excluding carboxylic acids is 1. The predicted octanol–water partition coefficient (Wildman–Crippen LogP) is -0.673. The van der Waals surface area contributed by atoms with Crippen molar-refractivity contribution in [2.75, 3.05) is 73.2 Å². The van der Waals surface area contributed by atoms with Crippen LogP contribution in [0.2, 0.25) is 0 Å². The van der Waals surface area contributed by atoms with Crippen molar-refractivity contribution in [3.63, 3.8) is 0 Å². The van der Waals surface area contributed by atoms with Crippen molar-refractivity contribution in [2.24, 2.45) is 0 Å². The summed E-state index contributed by atoms with van der Waals surface area (Å²) in [5.41, 5.74) is 0. The lowest BCUT2D eigenvalue weighted by molar-refractivity contribution is -0.153. The molecule has 0 aliphatic heterocycles. The SMILES string of the molecule is COCCOCCOCCOCCOC(=O)COCC(=O)O. The Morgan fingerprint density at radius 1 is 0.727 bits per heavy atom. The van der Waals surface area contributed by atoms with Crippen LogP contribution in [0, 0.1) is 0 Å². The van der Waals surface area contributed by atoms with E-state index >= 15 is 0 Å². The number of rotatable bonds is 16. The summed E-state index contributed by atoms with van der Waals surface area (Å²) in [5, 5.41) is 8.29. The Hall–Kier alpha value is -1.26. The molecule has 1 N–H and O–H groups in total. The van der Waals surface area contributed by atoms with Gasteiger partial charge in [0, 0.05) is 7.11 Å². The number of hydrogen-bond donors (Lipinski definition) is 1. The normalized spacial score (nSPS) is 10.6. The van der Waals surface area contributed by atoms with Gasteiger partial charge in [-0.25, -0.2) is 9.59 Å². The minimum absolute atomic E-state index is 0.0788. The minimum atomic E-state index is -1.14. The fourth-order valence-corrected chi connectivity index (χ4v) is 1.16. The van der Waals surface area contributed by atoms with Gasteiger partial charge in [-0.1, -0.05) is 0 Å². The van der Waals surface area contributed by atoms with Crippen molar-refractivity contribution in [2.45, 2.75) is 0 Å². The van der Waals surface area contributed by atoms with Crippen LogP contribution in [-0.2, 0) is 38.0 Å². The molecule has 0 rings (SSSR count). The smallest absolute Gasteiger partial charge is 0.332 e. The summed E-state index contributed by atoms with van der Waals surface area (Å²) in [6.45, 7) is 2.26. The Kier molecular flexibility index (Phi) is 15.2. The van der Waals surface area contributed by atoms with Crippen LogP contribution in [0.15, 0.2) is 0 Å². The molecule has 9 nitrogen and oxygen atoms in total. The highest BCUT2D eigenvalue weighted by Gasteiger charge is 2.04. The standard InChI is InChI=1S/C13H24O9/c1-17-2-3-18-4-5-19-6-7-20-8-9-22-13(16)11-21-10-12(14)15/h2-11H2,1H3,(H,14,15). The molecule has 0 heterocycles. The molecule has 0 spiro atoms. The Morgan fingerprint density at radius 3 is 1.73 bits per heavy atom. The zero-order valence-electron chi connectivity index (χ0n) is 12.8. The molecule has 0 fully saturated rings. The van der Waals surface area contributed by atoms with Crippen LogP contribution >= 0.6 is 0 Å². The first kappa shape index (κ1) is 20.7. The quantitative estimate of drug-likeness (QED) is 0.292. The van der Waals surface area contributed by atoms with Crippen LogP contribution in [0.1, 0.15) is 0 Å². The second kappa shape index (κ2) is 16.1. The van der Waals surface area contributed by atoms with Gasteiger partial charge in [0.2, 0.25) is 0 Å². The molecule has 9 heteroatoms. The molecule has 0 saturated heterocycles. The average molecular weight is 324 g/mol. The maximum absolute atomic E-state index is 11.1. The highest BCUT2D eigenvalue weighted by molar-refractivity contribution is 5.72. The Labute approximate surface area is 129 Å². The second-order valence-electron chi connectivity index (χ2n) is 3.94. The Balaban J connectivity index is 3.13. The van der Waals surface area contributed by atoms with Gasteiger partial charge >= 0.3 is 11.9 Å². The maximum atomic E-state index is 11.1. The Morgan fingerprint density at radius 2 is 1.23 bits per heavy atom. The number of hydrogen-bond acceptors (Lipinski definition) is 8. The molecule has 0 aromatic heterocycles. The lowest BCUT2D eigenvalue weighted by Gasteiger charge is -2.07. The molecule has 0 atom stereocenters.